The summed E-state index contributed by atoms with van der Waals surface area (Å²) in [5.74, 6) is -1.84. The average molecular weight is 567 g/mol. The third-order valence-electron chi connectivity index (χ3n) is 5.70. The van der Waals surface area contributed by atoms with E-state index in [0.29, 0.717) is 10.7 Å². The highest BCUT2D eigenvalue weighted by molar-refractivity contribution is 7.89. The SMILES string of the molecule is COC(=O)C1CN(C(=O)CN(Cc2c(F)cccc2Cl)S(=O)(=O)c2ccc(Cl)cc2)c2ccccc2O1. The number of amides is 1. The molecule has 0 fully saturated rings. The molecule has 0 saturated carbocycles. The Kier molecular flexibility index (Phi) is 8.03. The molecular formula is C25H21Cl2FN2O6S. The van der Waals surface area contributed by atoms with Crippen molar-refractivity contribution >= 4 is 50.8 Å². The van der Waals surface area contributed by atoms with Crippen LogP contribution < -0.4 is 9.64 Å². The standard InChI is InChI=1S/C25H21Cl2FN2O6S/c1-35-25(32)23-14-30(21-7-2-3-8-22(21)36-23)24(31)15-29(13-18-19(27)5-4-6-20(18)28)37(33,34)17-11-9-16(26)10-12-17/h2-12,23H,13-15H2,1H3. The van der Waals surface area contributed by atoms with Crippen LogP contribution in [0.4, 0.5) is 10.1 Å². The summed E-state index contributed by atoms with van der Waals surface area (Å²) in [5, 5.41) is 0.323. The summed E-state index contributed by atoms with van der Waals surface area (Å²) in [7, 11) is -3.12. The van der Waals surface area contributed by atoms with Crippen LogP contribution in [0.15, 0.2) is 71.6 Å². The summed E-state index contributed by atoms with van der Waals surface area (Å²) < 4.78 is 53.1. The molecule has 194 valence electrons. The van der Waals surface area contributed by atoms with Crippen molar-refractivity contribution in [3.63, 3.8) is 0 Å². The van der Waals surface area contributed by atoms with Crippen LogP contribution in [0, 0.1) is 5.82 Å². The van der Waals surface area contributed by atoms with Gasteiger partial charge in [0.05, 0.1) is 30.8 Å². The predicted molar refractivity (Wildman–Crippen MR) is 136 cm³/mol. The molecule has 37 heavy (non-hydrogen) atoms. The van der Waals surface area contributed by atoms with Crippen LogP contribution in [0.25, 0.3) is 0 Å². The Bertz CT molecular complexity index is 1420. The smallest absolute Gasteiger partial charge is 0.348 e. The average Bonchev–Trinajstić information content (AvgIpc) is 2.89. The summed E-state index contributed by atoms with van der Waals surface area (Å²) in [6, 6.07) is 15.8. The quantitative estimate of drug-likeness (QED) is 0.396. The molecule has 1 aliphatic heterocycles. The Balaban J connectivity index is 1.72. The van der Waals surface area contributed by atoms with Crippen molar-refractivity contribution in [2.24, 2.45) is 0 Å². The second-order valence-electron chi connectivity index (χ2n) is 8.03. The highest BCUT2D eigenvalue weighted by atomic mass is 35.5. The maximum atomic E-state index is 14.6. The molecule has 0 bridgehead atoms. The number of hydrogen-bond donors (Lipinski definition) is 0. The van der Waals surface area contributed by atoms with Gasteiger partial charge in [-0.3, -0.25) is 4.79 Å². The van der Waals surface area contributed by atoms with E-state index in [1.165, 1.54) is 48.4 Å². The van der Waals surface area contributed by atoms with Crippen molar-refractivity contribution in [2.45, 2.75) is 17.5 Å². The van der Waals surface area contributed by atoms with Crippen molar-refractivity contribution in [1.82, 2.24) is 4.31 Å². The van der Waals surface area contributed by atoms with Crippen LogP contribution in [0.3, 0.4) is 0 Å². The number of fused-ring (bicyclic) bond motifs is 1. The number of sulfonamides is 1. The fourth-order valence-electron chi connectivity index (χ4n) is 3.80. The molecule has 0 spiro atoms. The predicted octanol–water partition coefficient (Wildman–Crippen LogP) is 4.29. The number of hydrogen-bond acceptors (Lipinski definition) is 6. The molecule has 1 unspecified atom stereocenters. The Morgan fingerprint density at radius 3 is 2.46 bits per heavy atom. The van der Waals surface area contributed by atoms with E-state index in [0.717, 1.165) is 10.4 Å². The first-order chi connectivity index (χ1) is 17.6. The van der Waals surface area contributed by atoms with E-state index in [4.69, 9.17) is 32.7 Å². The normalized spacial score (nSPS) is 15.2. The van der Waals surface area contributed by atoms with E-state index in [9.17, 15) is 22.4 Å². The third kappa shape index (κ3) is 5.72. The van der Waals surface area contributed by atoms with Gasteiger partial charge in [0, 0.05) is 22.2 Å². The van der Waals surface area contributed by atoms with Crippen LogP contribution >= 0.6 is 23.2 Å². The van der Waals surface area contributed by atoms with Gasteiger partial charge in [-0.2, -0.15) is 4.31 Å². The lowest BCUT2D eigenvalue weighted by Gasteiger charge is -2.34. The van der Waals surface area contributed by atoms with Crippen molar-refractivity contribution in [2.75, 3.05) is 25.1 Å². The van der Waals surface area contributed by atoms with E-state index in [2.05, 4.69) is 0 Å². The Hall–Kier alpha value is -3.18. The van der Waals surface area contributed by atoms with Gasteiger partial charge >= 0.3 is 5.97 Å². The number of carbonyl (C=O) groups excluding carboxylic acids is 2. The van der Waals surface area contributed by atoms with Gasteiger partial charge in [0.15, 0.2) is 0 Å². The number of anilines is 1. The van der Waals surface area contributed by atoms with Gasteiger partial charge in [0.25, 0.3) is 0 Å². The number of benzene rings is 3. The van der Waals surface area contributed by atoms with Gasteiger partial charge in [-0.15, -0.1) is 0 Å². The van der Waals surface area contributed by atoms with Crippen LogP contribution in [0.1, 0.15) is 5.56 Å². The third-order valence-corrected chi connectivity index (χ3v) is 8.11. The molecule has 3 aromatic carbocycles. The first-order valence-electron chi connectivity index (χ1n) is 10.9. The number of rotatable bonds is 7. The molecule has 0 saturated heterocycles. The van der Waals surface area contributed by atoms with Gasteiger partial charge in [0.2, 0.25) is 22.0 Å². The summed E-state index contributed by atoms with van der Waals surface area (Å²) >= 11 is 12.1. The minimum Gasteiger partial charge on any atom is -0.475 e. The molecule has 1 amide bonds. The first-order valence-corrected chi connectivity index (χ1v) is 13.1. The lowest BCUT2D eigenvalue weighted by Crippen LogP contribution is -2.50. The van der Waals surface area contributed by atoms with Crippen molar-refractivity contribution in [3.05, 3.63) is 88.2 Å². The van der Waals surface area contributed by atoms with Gasteiger partial charge in [-0.25, -0.2) is 17.6 Å². The van der Waals surface area contributed by atoms with Gasteiger partial charge in [-0.1, -0.05) is 41.4 Å². The molecule has 1 atom stereocenters. The highest BCUT2D eigenvalue weighted by Gasteiger charge is 2.37. The largest absolute Gasteiger partial charge is 0.475 e. The molecule has 12 heteroatoms. The Labute approximate surface area is 223 Å². The van der Waals surface area contributed by atoms with Crippen LogP contribution in [-0.2, 0) is 30.9 Å². The molecular weight excluding hydrogens is 546 g/mol. The molecule has 0 aliphatic carbocycles. The number of nitrogens with zero attached hydrogens (tertiary/aromatic N) is 2. The molecule has 1 aliphatic rings. The number of halogens is 3. The van der Waals surface area contributed by atoms with Crippen molar-refractivity contribution in [1.29, 1.82) is 0 Å². The highest BCUT2D eigenvalue weighted by Crippen LogP contribution is 2.34. The lowest BCUT2D eigenvalue weighted by atomic mass is 10.1. The van der Waals surface area contributed by atoms with Gasteiger partial charge < -0.3 is 14.4 Å². The fraction of sp³-hybridized carbons (Fsp3) is 0.200. The molecule has 0 N–H and O–H groups in total. The topological polar surface area (TPSA) is 93.2 Å². The zero-order valence-corrected chi connectivity index (χ0v) is 21.8. The summed E-state index contributed by atoms with van der Waals surface area (Å²) in [4.78, 5) is 26.9. The molecule has 0 radical (unpaired) electrons. The molecule has 0 aromatic heterocycles. The minimum absolute atomic E-state index is 0.00577. The zero-order valence-electron chi connectivity index (χ0n) is 19.4. The number of esters is 1. The van der Waals surface area contributed by atoms with E-state index in [1.54, 1.807) is 24.3 Å². The minimum atomic E-state index is -4.32. The molecule has 1 heterocycles. The summed E-state index contributed by atoms with van der Waals surface area (Å²) in [5.41, 5.74) is 0.254. The van der Waals surface area contributed by atoms with E-state index >= 15 is 0 Å². The Morgan fingerprint density at radius 2 is 1.78 bits per heavy atom. The first kappa shape index (κ1) is 26.9. The zero-order chi connectivity index (χ0) is 26.7. The number of ether oxygens (including phenoxy) is 2. The second kappa shape index (κ2) is 11.1. The van der Waals surface area contributed by atoms with Crippen LogP contribution in [-0.4, -0.2) is 50.9 Å². The second-order valence-corrected chi connectivity index (χ2v) is 10.8. The fourth-order valence-corrected chi connectivity index (χ4v) is 5.51. The molecule has 4 rings (SSSR count). The summed E-state index contributed by atoms with van der Waals surface area (Å²) in [6.45, 7) is -1.41. The number of carbonyl (C=O) groups is 2. The molecule has 8 nitrogen and oxygen atoms in total. The van der Waals surface area contributed by atoms with Gasteiger partial charge in [0.1, 0.15) is 11.6 Å². The van der Waals surface area contributed by atoms with Crippen molar-refractivity contribution in [3.8, 4) is 5.75 Å². The summed E-state index contributed by atoms with van der Waals surface area (Å²) in [6.07, 6.45) is -1.12. The van der Waals surface area contributed by atoms with Crippen molar-refractivity contribution < 1.29 is 31.9 Å². The van der Waals surface area contributed by atoms with Crippen LogP contribution in [0.5, 0.6) is 5.75 Å². The van der Waals surface area contributed by atoms with Crippen LogP contribution in [0.2, 0.25) is 10.0 Å². The Morgan fingerprint density at radius 1 is 1.08 bits per heavy atom. The lowest BCUT2D eigenvalue weighted by molar-refractivity contribution is -0.148. The number of para-hydroxylation sites is 2. The maximum Gasteiger partial charge on any atom is 0.348 e. The van der Waals surface area contributed by atoms with E-state index in [-0.39, 0.29) is 27.8 Å². The van der Waals surface area contributed by atoms with Gasteiger partial charge in [-0.05, 0) is 48.5 Å². The number of methoxy groups -OCH3 is 1. The monoisotopic (exact) mass is 566 g/mol. The maximum absolute atomic E-state index is 14.6. The molecule has 3 aromatic rings. The van der Waals surface area contributed by atoms with E-state index in [1.807, 2.05) is 0 Å². The van der Waals surface area contributed by atoms with E-state index < -0.39 is 46.9 Å².